The minimum Gasteiger partial charge on any atom is -0.460 e. The Balaban J connectivity index is 2.87. The minimum atomic E-state index is -1.03. The average molecular weight is 311 g/mol. The van der Waals surface area contributed by atoms with Gasteiger partial charge in [-0.2, -0.15) is 0 Å². The highest BCUT2D eigenvalue weighted by Gasteiger charge is 2.29. The van der Waals surface area contributed by atoms with Crippen molar-refractivity contribution in [3.63, 3.8) is 0 Å². The van der Waals surface area contributed by atoms with Gasteiger partial charge in [0, 0.05) is 10.6 Å². The molecule has 1 unspecified atom stereocenters. The number of Topliss-reactive ketones (excluding diaryl/α,β-unsaturated/α-hetero) is 2. The summed E-state index contributed by atoms with van der Waals surface area (Å²) in [5.41, 5.74) is -0.301. The van der Waals surface area contributed by atoms with Gasteiger partial charge >= 0.3 is 5.97 Å². The van der Waals surface area contributed by atoms with E-state index in [4.69, 9.17) is 16.3 Å². The number of carbonyl (C=O) groups excluding carboxylic acids is 3. The summed E-state index contributed by atoms with van der Waals surface area (Å²) >= 11 is 5.76. The Kier molecular flexibility index (Phi) is 5.67. The van der Waals surface area contributed by atoms with Crippen LogP contribution in [0.5, 0.6) is 0 Å². The van der Waals surface area contributed by atoms with Gasteiger partial charge in [-0.25, -0.2) is 0 Å². The van der Waals surface area contributed by atoms with Crippen LogP contribution in [0, 0.1) is 5.92 Å². The number of esters is 1. The summed E-state index contributed by atoms with van der Waals surface area (Å²) in [4.78, 5) is 35.8. The second-order valence-corrected chi connectivity index (χ2v) is 6.26. The highest BCUT2D eigenvalue weighted by Crippen LogP contribution is 2.19. The third-order valence-electron chi connectivity index (χ3n) is 2.73. The summed E-state index contributed by atoms with van der Waals surface area (Å²) in [5, 5.41) is 0.498. The second-order valence-electron chi connectivity index (χ2n) is 5.82. The van der Waals surface area contributed by atoms with Crippen LogP contribution >= 0.6 is 11.6 Å². The van der Waals surface area contributed by atoms with Crippen LogP contribution in [0.3, 0.4) is 0 Å². The fourth-order valence-electron chi connectivity index (χ4n) is 1.79. The van der Waals surface area contributed by atoms with Crippen molar-refractivity contribution in [3.05, 3.63) is 34.9 Å². The number of halogens is 1. The number of ether oxygens (including phenoxy) is 1. The van der Waals surface area contributed by atoms with Crippen molar-refractivity contribution in [2.24, 2.45) is 5.92 Å². The minimum absolute atomic E-state index is 0.256. The Morgan fingerprint density at radius 1 is 1.14 bits per heavy atom. The molecule has 1 rings (SSSR count). The van der Waals surface area contributed by atoms with Crippen LogP contribution in [-0.4, -0.2) is 23.1 Å². The summed E-state index contributed by atoms with van der Waals surface area (Å²) in [6.45, 7) is 6.49. The van der Waals surface area contributed by atoms with Gasteiger partial charge in [0.05, 0.1) is 12.3 Å². The van der Waals surface area contributed by atoms with Crippen molar-refractivity contribution >= 4 is 29.1 Å². The number of carbonyl (C=O) groups is 3. The van der Waals surface area contributed by atoms with E-state index in [0.717, 1.165) is 0 Å². The number of ketones is 2. The fourth-order valence-corrected chi connectivity index (χ4v) is 1.91. The molecule has 0 saturated heterocycles. The fraction of sp³-hybridized carbons (Fsp3) is 0.438. The first-order valence-corrected chi connectivity index (χ1v) is 7.00. The van der Waals surface area contributed by atoms with E-state index < -0.39 is 23.3 Å². The zero-order valence-corrected chi connectivity index (χ0v) is 13.4. The lowest BCUT2D eigenvalue weighted by atomic mass is 9.91. The van der Waals surface area contributed by atoms with E-state index in [2.05, 4.69) is 0 Å². The van der Waals surface area contributed by atoms with E-state index in [1.165, 1.54) is 19.1 Å². The van der Waals surface area contributed by atoms with Gasteiger partial charge in [-0.3, -0.25) is 14.4 Å². The first kappa shape index (κ1) is 17.4. The zero-order chi connectivity index (χ0) is 16.2. The van der Waals surface area contributed by atoms with Gasteiger partial charge in [0.2, 0.25) is 0 Å². The molecule has 0 radical (unpaired) electrons. The summed E-state index contributed by atoms with van der Waals surface area (Å²) in [7, 11) is 0. The molecule has 0 saturated carbocycles. The molecule has 1 aromatic rings. The van der Waals surface area contributed by atoms with Gasteiger partial charge in [0.25, 0.3) is 0 Å². The highest BCUT2D eigenvalue weighted by molar-refractivity contribution is 6.30. The molecule has 114 valence electrons. The van der Waals surface area contributed by atoms with Crippen molar-refractivity contribution in [3.8, 4) is 0 Å². The van der Waals surface area contributed by atoms with E-state index >= 15 is 0 Å². The predicted octanol–water partition coefficient (Wildman–Crippen LogP) is 3.46. The molecule has 0 bridgehead atoms. The summed E-state index contributed by atoms with van der Waals surface area (Å²) < 4.78 is 5.16. The van der Waals surface area contributed by atoms with Crippen LogP contribution in [-0.2, 0) is 14.3 Å². The van der Waals surface area contributed by atoms with E-state index in [0.29, 0.717) is 10.6 Å². The van der Waals surface area contributed by atoms with Gasteiger partial charge < -0.3 is 4.74 Å². The smallest absolute Gasteiger partial charge is 0.307 e. The number of rotatable bonds is 5. The molecule has 0 fully saturated rings. The molecule has 0 aliphatic carbocycles. The zero-order valence-electron chi connectivity index (χ0n) is 12.6. The van der Waals surface area contributed by atoms with E-state index in [1.54, 1.807) is 32.9 Å². The van der Waals surface area contributed by atoms with Crippen LogP contribution in [0.4, 0.5) is 0 Å². The Morgan fingerprint density at radius 2 is 1.67 bits per heavy atom. The van der Waals surface area contributed by atoms with Crippen LogP contribution in [0.2, 0.25) is 5.02 Å². The lowest BCUT2D eigenvalue weighted by Gasteiger charge is -2.21. The molecule has 0 N–H and O–H groups in total. The van der Waals surface area contributed by atoms with Gasteiger partial charge in [-0.15, -0.1) is 0 Å². The normalized spacial score (nSPS) is 12.6. The molecule has 1 aromatic carbocycles. The Hall–Kier alpha value is -1.68. The maximum Gasteiger partial charge on any atom is 0.307 e. The molecule has 1 atom stereocenters. The number of benzene rings is 1. The Bertz CT molecular complexity index is 540. The average Bonchev–Trinajstić information content (AvgIpc) is 2.33. The molecular formula is C16H19ClO4. The molecular weight excluding hydrogens is 292 g/mol. The monoisotopic (exact) mass is 310 g/mol. The quantitative estimate of drug-likeness (QED) is 0.475. The van der Waals surface area contributed by atoms with Gasteiger partial charge in [-0.05, 0) is 52.0 Å². The van der Waals surface area contributed by atoms with Crippen LogP contribution in [0.1, 0.15) is 44.5 Å². The third-order valence-corrected chi connectivity index (χ3v) is 2.98. The van der Waals surface area contributed by atoms with E-state index in [1.807, 2.05) is 0 Å². The van der Waals surface area contributed by atoms with Crippen molar-refractivity contribution in [2.75, 3.05) is 0 Å². The van der Waals surface area contributed by atoms with Crippen LogP contribution in [0.15, 0.2) is 24.3 Å². The molecule has 0 spiro atoms. The maximum absolute atomic E-state index is 12.3. The molecule has 0 aliphatic rings. The van der Waals surface area contributed by atoms with Crippen molar-refractivity contribution in [2.45, 2.75) is 39.7 Å². The lowest BCUT2D eigenvalue weighted by Crippen LogP contribution is -2.30. The molecule has 0 amide bonds. The lowest BCUT2D eigenvalue weighted by molar-refractivity contribution is -0.156. The molecule has 5 heteroatoms. The topological polar surface area (TPSA) is 60.4 Å². The van der Waals surface area contributed by atoms with Crippen molar-refractivity contribution in [1.82, 2.24) is 0 Å². The van der Waals surface area contributed by atoms with E-state index in [-0.39, 0.29) is 12.2 Å². The number of hydrogen-bond acceptors (Lipinski definition) is 4. The van der Waals surface area contributed by atoms with E-state index in [9.17, 15) is 14.4 Å². The molecule has 21 heavy (non-hydrogen) atoms. The standard InChI is InChI=1S/C16H19ClO4/c1-10(18)13(9-14(19)21-16(2,3)4)15(20)11-5-7-12(17)8-6-11/h5-8,13H,9H2,1-4H3. The maximum atomic E-state index is 12.3. The predicted molar refractivity (Wildman–Crippen MR) is 80.4 cm³/mol. The Labute approximate surface area is 129 Å². The molecule has 0 aromatic heterocycles. The largest absolute Gasteiger partial charge is 0.460 e. The first-order chi connectivity index (χ1) is 9.60. The van der Waals surface area contributed by atoms with Gasteiger partial charge in [-0.1, -0.05) is 11.6 Å². The summed E-state index contributed by atoms with van der Waals surface area (Å²) in [5.74, 6) is -2.35. The SMILES string of the molecule is CC(=O)C(CC(=O)OC(C)(C)C)C(=O)c1ccc(Cl)cc1. The summed E-state index contributed by atoms with van der Waals surface area (Å²) in [6, 6.07) is 6.21. The van der Waals surface area contributed by atoms with Crippen LogP contribution < -0.4 is 0 Å². The third kappa shape index (κ3) is 5.68. The van der Waals surface area contributed by atoms with Crippen molar-refractivity contribution < 1.29 is 19.1 Å². The Morgan fingerprint density at radius 3 is 2.10 bits per heavy atom. The van der Waals surface area contributed by atoms with Gasteiger partial charge in [0.15, 0.2) is 5.78 Å². The molecule has 0 heterocycles. The van der Waals surface area contributed by atoms with Crippen molar-refractivity contribution in [1.29, 1.82) is 0 Å². The van der Waals surface area contributed by atoms with Gasteiger partial charge in [0.1, 0.15) is 11.4 Å². The molecule has 4 nitrogen and oxygen atoms in total. The van der Waals surface area contributed by atoms with Crippen LogP contribution in [0.25, 0.3) is 0 Å². The summed E-state index contributed by atoms with van der Waals surface area (Å²) in [6.07, 6.45) is -0.256. The highest BCUT2D eigenvalue weighted by atomic mass is 35.5. The molecule has 0 aliphatic heterocycles. The first-order valence-electron chi connectivity index (χ1n) is 6.62. The number of hydrogen-bond donors (Lipinski definition) is 0. The second kappa shape index (κ2) is 6.85.